The highest BCUT2D eigenvalue weighted by atomic mass is 16.3. The molecule has 0 heterocycles. The van der Waals surface area contributed by atoms with Crippen molar-refractivity contribution in [1.29, 1.82) is 0 Å². The summed E-state index contributed by atoms with van der Waals surface area (Å²) in [6, 6.07) is 0.568. The Bertz CT molecular complexity index is 193. The highest BCUT2D eigenvalue weighted by Crippen LogP contribution is 2.45. The Hall–Kier alpha value is -0.0800. The van der Waals surface area contributed by atoms with Crippen molar-refractivity contribution in [2.45, 2.75) is 66.0 Å². The van der Waals surface area contributed by atoms with Gasteiger partial charge in [0.05, 0.1) is 6.10 Å². The first-order valence-electron chi connectivity index (χ1n) is 6.12. The first kappa shape index (κ1) is 13.0. The van der Waals surface area contributed by atoms with Gasteiger partial charge in [-0.1, -0.05) is 27.7 Å². The van der Waals surface area contributed by atoms with Crippen molar-refractivity contribution in [2.24, 2.45) is 10.8 Å². The van der Waals surface area contributed by atoms with Crippen LogP contribution in [-0.4, -0.2) is 23.8 Å². The van der Waals surface area contributed by atoms with Gasteiger partial charge in [0.2, 0.25) is 0 Å². The molecule has 90 valence electrons. The summed E-state index contributed by atoms with van der Waals surface area (Å²) >= 11 is 0. The molecule has 2 nitrogen and oxygen atoms in total. The van der Waals surface area contributed by atoms with Crippen LogP contribution in [0.5, 0.6) is 0 Å². The summed E-state index contributed by atoms with van der Waals surface area (Å²) in [4.78, 5) is 0. The van der Waals surface area contributed by atoms with Gasteiger partial charge in [-0.3, -0.25) is 0 Å². The van der Waals surface area contributed by atoms with E-state index in [2.05, 4.69) is 33.0 Å². The van der Waals surface area contributed by atoms with Gasteiger partial charge in [-0.05, 0) is 37.0 Å². The zero-order valence-corrected chi connectivity index (χ0v) is 10.9. The zero-order chi connectivity index (χ0) is 11.7. The lowest BCUT2D eigenvalue weighted by atomic mass is 9.63. The van der Waals surface area contributed by atoms with Gasteiger partial charge in [0.1, 0.15) is 0 Å². The zero-order valence-electron chi connectivity index (χ0n) is 10.9. The highest BCUT2D eigenvalue weighted by molar-refractivity contribution is 4.92. The van der Waals surface area contributed by atoms with Crippen LogP contribution in [0.25, 0.3) is 0 Å². The highest BCUT2D eigenvalue weighted by Gasteiger charge is 2.38. The van der Waals surface area contributed by atoms with E-state index in [0.29, 0.717) is 16.9 Å². The fraction of sp³-hybridized carbons (Fsp3) is 1.00. The summed E-state index contributed by atoms with van der Waals surface area (Å²) in [6.07, 6.45) is 3.51. The van der Waals surface area contributed by atoms with Crippen molar-refractivity contribution < 1.29 is 5.11 Å². The van der Waals surface area contributed by atoms with Crippen LogP contribution >= 0.6 is 0 Å². The Morgan fingerprint density at radius 3 is 2.07 bits per heavy atom. The molecule has 1 unspecified atom stereocenters. The molecule has 0 aliphatic heterocycles. The number of aliphatic hydroxyl groups excluding tert-OH is 1. The molecule has 0 aromatic carbocycles. The second-order valence-corrected chi connectivity index (χ2v) is 6.87. The van der Waals surface area contributed by atoms with E-state index in [0.717, 1.165) is 6.54 Å². The summed E-state index contributed by atoms with van der Waals surface area (Å²) < 4.78 is 0. The maximum absolute atomic E-state index is 9.28. The number of rotatable bonds is 3. The molecular weight excluding hydrogens is 186 g/mol. The Labute approximate surface area is 94.5 Å². The molecule has 0 radical (unpaired) electrons. The molecule has 1 aliphatic rings. The minimum absolute atomic E-state index is 0.238. The predicted molar refractivity (Wildman–Crippen MR) is 64.9 cm³/mol. The van der Waals surface area contributed by atoms with Gasteiger partial charge < -0.3 is 10.4 Å². The molecule has 1 saturated carbocycles. The average Bonchev–Trinajstić information content (AvgIpc) is 1.94. The van der Waals surface area contributed by atoms with Crippen molar-refractivity contribution in [1.82, 2.24) is 5.32 Å². The van der Waals surface area contributed by atoms with Crippen LogP contribution < -0.4 is 5.32 Å². The molecular formula is C13H27NO. The topological polar surface area (TPSA) is 32.3 Å². The van der Waals surface area contributed by atoms with Crippen LogP contribution in [0, 0.1) is 10.8 Å². The quantitative estimate of drug-likeness (QED) is 0.755. The third-order valence-electron chi connectivity index (χ3n) is 3.26. The molecule has 0 saturated heterocycles. The van der Waals surface area contributed by atoms with E-state index >= 15 is 0 Å². The molecule has 2 N–H and O–H groups in total. The van der Waals surface area contributed by atoms with Gasteiger partial charge >= 0.3 is 0 Å². The van der Waals surface area contributed by atoms with Gasteiger partial charge in [-0.25, -0.2) is 0 Å². The Morgan fingerprint density at radius 1 is 1.20 bits per heavy atom. The average molecular weight is 213 g/mol. The predicted octanol–water partition coefficient (Wildman–Crippen LogP) is 2.56. The van der Waals surface area contributed by atoms with Crippen LogP contribution in [0.3, 0.4) is 0 Å². The lowest BCUT2D eigenvalue weighted by molar-refractivity contribution is 0.0778. The molecule has 0 aromatic heterocycles. The van der Waals surface area contributed by atoms with Crippen molar-refractivity contribution in [3.63, 3.8) is 0 Å². The van der Waals surface area contributed by atoms with Gasteiger partial charge in [-0.15, -0.1) is 0 Å². The van der Waals surface area contributed by atoms with Gasteiger partial charge in [-0.2, -0.15) is 0 Å². The Kier molecular flexibility index (Phi) is 3.83. The van der Waals surface area contributed by atoms with E-state index in [1.54, 1.807) is 0 Å². The molecule has 2 heteroatoms. The summed E-state index contributed by atoms with van der Waals surface area (Å²) in [6.45, 7) is 12.0. The smallest absolute Gasteiger partial charge is 0.0636 e. The molecule has 1 fully saturated rings. The van der Waals surface area contributed by atoms with Crippen LogP contribution in [-0.2, 0) is 0 Å². The summed E-state index contributed by atoms with van der Waals surface area (Å²) in [5, 5.41) is 12.8. The summed E-state index contributed by atoms with van der Waals surface area (Å²) in [5.41, 5.74) is 0.857. The van der Waals surface area contributed by atoms with Crippen LogP contribution in [0.2, 0.25) is 0 Å². The SMILES string of the molecule is CC(O)CNC1CC(C)(C)CC(C)(C)C1. The first-order valence-corrected chi connectivity index (χ1v) is 6.12. The lowest BCUT2D eigenvalue weighted by Crippen LogP contribution is -2.45. The van der Waals surface area contributed by atoms with Crippen LogP contribution in [0.4, 0.5) is 0 Å². The molecule has 1 aliphatic carbocycles. The molecule has 15 heavy (non-hydrogen) atoms. The van der Waals surface area contributed by atoms with Crippen molar-refractivity contribution in [3.8, 4) is 0 Å². The van der Waals surface area contributed by atoms with Crippen LogP contribution in [0.15, 0.2) is 0 Å². The van der Waals surface area contributed by atoms with Gasteiger partial charge in [0, 0.05) is 12.6 Å². The maximum Gasteiger partial charge on any atom is 0.0636 e. The number of nitrogens with one attached hydrogen (secondary N) is 1. The second-order valence-electron chi connectivity index (χ2n) is 6.87. The third-order valence-corrected chi connectivity index (χ3v) is 3.26. The fourth-order valence-corrected chi connectivity index (χ4v) is 3.33. The third kappa shape index (κ3) is 4.52. The van der Waals surface area contributed by atoms with E-state index in [1.807, 2.05) is 6.92 Å². The fourth-order valence-electron chi connectivity index (χ4n) is 3.33. The van der Waals surface area contributed by atoms with E-state index in [-0.39, 0.29) is 6.10 Å². The Balaban J connectivity index is 2.52. The van der Waals surface area contributed by atoms with E-state index in [9.17, 15) is 5.11 Å². The monoisotopic (exact) mass is 213 g/mol. The molecule has 1 rings (SSSR count). The van der Waals surface area contributed by atoms with Crippen molar-refractivity contribution >= 4 is 0 Å². The van der Waals surface area contributed by atoms with Crippen molar-refractivity contribution in [3.05, 3.63) is 0 Å². The number of aliphatic hydroxyl groups is 1. The molecule has 0 aromatic rings. The number of hydrogen-bond acceptors (Lipinski definition) is 2. The van der Waals surface area contributed by atoms with Crippen molar-refractivity contribution in [2.75, 3.05) is 6.54 Å². The number of hydrogen-bond donors (Lipinski definition) is 2. The minimum atomic E-state index is -0.238. The van der Waals surface area contributed by atoms with Gasteiger partial charge in [0.25, 0.3) is 0 Å². The van der Waals surface area contributed by atoms with Gasteiger partial charge in [0.15, 0.2) is 0 Å². The largest absolute Gasteiger partial charge is 0.392 e. The standard InChI is InChI=1S/C13H27NO/c1-10(15)8-14-11-6-12(2,3)9-13(4,5)7-11/h10-11,14-15H,6-9H2,1-5H3. The van der Waals surface area contributed by atoms with E-state index in [4.69, 9.17) is 0 Å². The second kappa shape index (κ2) is 4.42. The summed E-state index contributed by atoms with van der Waals surface area (Å²) in [7, 11) is 0. The molecule has 0 amide bonds. The first-order chi connectivity index (χ1) is 6.70. The Morgan fingerprint density at radius 2 is 1.67 bits per heavy atom. The van der Waals surface area contributed by atoms with Crippen LogP contribution in [0.1, 0.15) is 53.9 Å². The van der Waals surface area contributed by atoms with E-state index < -0.39 is 0 Å². The molecule has 0 bridgehead atoms. The maximum atomic E-state index is 9.28. The molecule has 0 spiro atoms. The molecule has 1 atom stereocenters. The minimum Gasteiger partial charge on any atom is -0.392 e. The summed E-state index contributed by atoms with van der Waals surface area (Å²) in [5.74, 6) is 0. The normalized spacial score (nSPS) is 27.6. The van der Waals surface area contributed by atoms with E-state index in [1.165, 1.54) is 19.3 Å². The lowest BCUT2D eigenvalue weighted by Gasteiger charge is -2.45.